The molecule has 5 N–H and O–H groups in total. The highest BCUT2D eigenvalue weighted by molar-refractivity contribution is 5.12. The van der Waals surface area contributed by atoms with Crippen molar-refractivity contribution < 1.29 is 0 Å². The van der Waals surface area contributed by atoms with Gasteiger partial charge in [0.25, 0.3) is 0 Å². The number of rotatable bonds is 5. The summed E-state index contributed by atoms with van der Waals surface area (Å²) in [4.78, 5) is 4.05. The largest absolute Gasteiger partial charge is 0.367 e. The van der Waals surface area contributed by atoms with Crippen molar-refractivity contribution in [1.82, 2.24) is 15.2 Å². The lowest BCUT2D eigenvalue weighted by molar-refractivity contribution is 0.311. The average Bonchev–Trinajstić information content (AvgIpc) is 2.48. The van der Waals surface area contributed by atoms with E-state index < -0.39 is 0 Å². The lowest BCUT2D eigenvalue weighted by atomic mass is 9.84. The average molecular weight is 197 g/mol. The fourth-order valence-corrected chi connectivity index (χ4v) is 1.39. The van der Waals surface area contributed by atoms with Crippen LogP contribution in [-0.2, 0) is 6.42 Å². The maximum Gasteiger partial charge on any atom is 0.239 e. The molecule has 80 valence electrons. The SMILES string of the molecule is CC(C)(CCN)CCc1nc(N)n[nH]1. The molecule has 1 aromatic heterocycles. The Kier molecular flexibility index (Phi) is 3.46. The second-order valence-electron chi connectivity index (χ2n) is 4.34. The molecule has 0 aromatic carbocycles. The number of nitrogen functional groups attached to an aromatic ring is 1. The van der Waals surface area contributed by atoms with Crippen LogP contribution in [0, 0.1) is 5.41 Å². The predicted molar refractivity (Wildman–Crippen MR) is 56.6 cm³/mol. The minimum atomic E-state index is 0.260. The second-order valence-corrected chi connectivity index (χ2v) is 4.34. The Morgan fingerprint density at radius 3 is 2.57 bits per heavy atom. The molecule has 0 aliphatic carbocycles. The fraction of sp³-hybridized carbons (Fsp3) is 0.778. The molecule has 0 saturated carbocycles. The number of nitrogens with one attached hydrogen (secondary N) is 1. The van der Waals surface area contributed by atoms with Gasteiger partial charge in [-0.1, -0.05) is 13.8 Å². The lowest BCUT2D eigenvalue weighted by Gasteiger charge is -2.22. The highest BCUT2D eigenvalue weighted by atomic mass is 15.3. The summed E-state index contributed by atoms with van der Waals surface area (Å²) in [6.45, 7) is 5.14. The number of H-pyrrole nitrogens is 1. The number of hydrogen-bond donors (Lipinski definition) is 3. The number of hydrogen-bond acceptors (Lipinski definition) is 4. The molecule has 0 aliphatic heterocycles. The molecule has 5 nitrogen and oxygen atoms in total. The summed E-state index contributed by atoms with van der Waals surface area (Å²) in [6, 6.07) is 0. The molecule has 0 radical (unpaired) electrons. The molecule has 0 bridgehead atoms. The summed E-state index contributed by atoms with van der Waals surface area (Å²) in [5.74, 6) is 1.17. The molecule has 5 heteroatoms. The first kappa shape index (κ1) is 11.0. The van der Waals surface area contributed by atoms with Crippen molar-refractivity contribution >= 4 is 5.95 Å². The molecule has 0 fully saturated rings. The van der Waals surface area contributed by atoms with Crippen molar-refractivity contribution in [2.24, 2.45) is 11.1 Å². The van der Waals surface area contributed by atoms with Gasteiger partial charge in [0, 0.05) is 6.42 Å². The van der Waals surface area contributed by atoms with Crippen molar-refractivity contribution in [2.75, 3.05) is 12.3 Å². The molecule has 0 spiro atoms. The summed E-state index contributed by atoms with van der Waals surface area (Å²) < 4.78 is 0. The Balaban J connectivity index is 2.40. The van der Waals surface area contributed by atoms with E-state index in [0.717, 1.165) is 31.6 Å². The Bertz CT molecular complexity index is 278. The third-order valence-corrected chi connectivity index (χ3v) is 2.41. The van der Waals surface area contributed by atoms with Gasteiger partial charge in [-0.25, -0.2) is 0 Å². The molecule has 1 aromatic rings. The zero-order valence-electron chi connectivity index (χ0n) is 8.88. The molecular weight excluding hydrogens is 178 g/mol. The quantitative estimate of drug-likeness (QED) is 0.647. The molecule has 0 atom stereocenters. The van der Waals surface area contributed by atoms with Crippen molar-refractivity contribution in [3.05, 3.63) is 5.82 Å². The van der Waals surface area contributed by atoms with Crippen LogP contribution in [0.5, 0.6) is 0 Å². The van der Waals surface area contributed by atoms with Crippen LogP contribution in [0.1, 0.15) is 32.5 Å². The van der Waals surface area contributed by atoms with Crippen LogP contribution in [0.2, 0.25) is 0 Å². The number of aryl methyl sites for hydroxylation is 1. The number of anilines is 1. The van der Waals surface area contributed by atoms with E-state index in [2.05, 4.69) is 29.0 Å². The number of nitrogens with zero attached hydrogens (tertiary/aromatic N) is 2. The Morgan fingerprint density at radius 2 is 2.07 bits per heavy atom. The van der Waals surface area contributed by atoms with Crippen LogP contribution in [0.4, 0.5) is 5.95 Å². The summed E-state index contributed by atoms with van der Waals surface area (Å²) in [5.41, 5.74) is 11.2. The summed E-state index contributed by atoms with van der Waals surface area (Å²) in [7, 11) is 0. The van der Waals surface area contributed by atoms with E-state index in [1.807, 2.05) is 0 Å². The zero-order chi connectivity index (χ0) is 10.6. The Morgan fingerprint density at radius 1 is 1.36 bits per heavy atom. The monoisotopic (exact) mass is 197 g/mol. The van der Waals surface area contributed by atoms with Gasteiger partial charge in [0.15, 0.2) is 0 Å². The van der Waals surface area contributed by atoms with E-state index in [-0.39, 0.29) is 5.41 Å². The van der Waals surface area contributed by atoms with E-state index in [1.165, 1.54) is 0 Å². The molecule has 0 amide bonds. The summed E-state index contributed by atoms with van der Waals surface area (Å²) >= 11 is 0. The molecule has 14 heavy (non-hydrogen) atoms. The van der Waals surface area contributed by atoms with Crippen molar-refractivity contribution in [1.29, 1.82) is 0 Å². The van der Waals surface area contributed by atoms with E-state index in [1.54, 1.807) is 0 Å². The molecule has 1 rings (SSSR count). The first-order valence-electron chi connectivity index (χ1n) is 4.90. The van der Waals surface area contributed by atoms with Crippen LogP contribution >= 0.6 is 0 Å². The topological polar surface area (TPSA) is 93.6 Å². The van der Waals surface area contributed by atoms with Crippen molar-refractivity contribution in [3.63, 3.8) is 0 Å². The van der Waals surface area contributed by atoms with Crippen molar-refractivity contribution in [3.8, 4) is 0 Å². The second kappa shape index (κ2) is 4.41. The van der Waals surface area contributed by atoms with Crippen LogP contribution in [0.15, 0.2) is 0 Å². The predicted octanol–water partition coefficient (Wildman–Crippen LogP) is 0.694. The molecular formula is C9H19N5. The first-order valence-corrected chi connectivity index (χ1v) is 4.90. The van der Waals surface area contributed by atoms with Gasteiger partial charge in [0.2, 0.25) is 5.95 Å². The van der Waals surface area contributed by atoms with Crippen molar-refractivity contribution in [2.45, 2.75) is 33.1 Å². The Labute approximate surface area is 84.3 Å². The number of nitrogens with two attached hydrogens (primary N) is 2. The van der Waals surface area contributed by atoms with Gasteiger partial charge < -0.3 is 11.5 Å². The molecule has 1 heterocycles. The maximum atomic E-state index is 5.53. The van der Waals surface area contributed by atoms with Gasteiger partial charge in [0.05, 0.1) is 0 Å². The molecule has 0 aliphatic rings. The lowest BCUT2D eigenvalue weighted by Crippen LogP contribution is -2.18. The van der Waals surface area contributed by atoms with E-state index in [4.69, 9.17) is 11.5 Å². The normalized spacial score (nSPS) is 11.9. The van der Waals surface area contributed by atoms with Gasteiger partial charge >= 0.3 is 0 Å². The highest BCUT2D eigenvalue weighted by Gasteiger charge is 2.17. The van der Waals surface area contributed by atoms with E-state index in [9.17, 15) is 0 Å². The zero-order valence-corrected chi connectivity index (χ0v) is 8.88. The van der Waals surface area contributed by atoms with Crippen LogP contribution in [-0.4, -0.2) is 21.7 Å². The Hall–Kier alpha value is -1.10. The minimum Gasteiger partial charge on any atom is -0.367 e. The number of aromatic nitrogens is 3. The summed E-state index contributed by atoms with van der Waals surface area (Å²) in [5, 5.41) is 6.58. The van der Waals surface area contributed by atoms with Crippen LogP contribution in [0.25, 0.3) is 0 Å². The van der Waals surface area contributed by atoms with Crippen LogP contribution < -0.4 is 11.5 Å². The van der Waals surface area contributed by atoms with Gasteiger partial charge in [-0.15, -0.1) is 5.10 Å². The van der Waals surface area contributed by atoms with Gasteiger partial charge in [-0.3, -0.25) is 5.10 Å². The highest BCUT2D eigenvalue weighted by Crippen LogP contribution is 2.25. The first-order chi connectivity index (χ1) is 6.53. The van der Waals surface area contributed by atoms with Gasteiger partial charge in [-0.05, 0) is 24.8 Å². The molecule has 0 saturated heterocycles. The smallest absolute Gasteiger partial charge is 0.239 e. The minimum absolute atomic E-state index is 0.260. The van der Waals surface area contributed by atoms with Gasteiger partial charge in [0.1, 0.15) is 5.82 Å². The standard InChI is InChI=1S/C9H19N5/c1-9(2,5-6-10)4-3-7-12-8(11)14-13-7/h3-6,10H2,1-2H3,(H3,11,12,13,14). The van der Waals surface area contributed by atoms with Gasteiger partial charge in [-0.2, -0.15) is 4.98 Å². The van der Waals surface area contributed by atoms with E-state index >= 15 is 0 Å². The summed E-state index contributed by atoms with van der Waals surface area (Å²) in [6.07, 6.45) is 2.94. The molecule has 0 unspecified atom stereocenters. The van der Waals surface area contributed by atoms with E-state index in [0.29, 0.717) is 5.95 Å². The maximum absolute atomic E-state index is 5.53. The third kappa shape index (κ3) is 3.33. The fourth-order valence-electron chi connectivity index (χ4n) is 1.39. The number of aromatic amines is 1. The van der Waals surface area contributed by atoms with Crippen LogP contribution in [0.3, 0.4) is 0 Å². The third-order valence-electron chi connectivity index (χ3n) is 2.41.